The molecule has 0 aromatic carbocycles. The fourth-order valence-corrected chi connectivity index (χ4v) is 5.33. The summed E-state index contributed by atoms with van der Waals surface area (Å²) in [5, 5.41) is 0. The molecule has 0 N–H and O–H groups in total. The van der Waals surface area contributed by atoms with Crippen molar-refractivity contribution in [3.05, 3.63) is 24.0 Å². The quantitative estimate of drug-likeness (QED) is 0.601. The molecule has 1 aromatic heterocycles. The second kappa shape index (κ2) is 3.56. The van der Waals surface area contributed by atoms with Crippen LogP contribution in [0, 0.1) is 0 Å². The summed E-state index contributed by atoms with van der Waals surface area (Å²) in [7, 11) is 0. The number of aldehydes is 1. The third kappa shape index (κ3) is 2.06. The van der Waals surface area contributed by atoms with Gasteiger partial charge >= 0.3 is 76.9 Å². The van der Waals surface area contributed by atoms with Crippen molar-refractivity contribution in [2.75, 3.05) is 0 Å². The van der Waals surface area contributed by atoms with E-state index in [0.717, 1.165) is 11.8 Å². The van der Waals surface area contributed by atoms with Gasteiger partial charge in [0.1, 0.15) is 0 Å². The maximum atomic E-state index is 10.7. The molecule has 2 nitrogen and oxygen atoms in total. The van der Waals surface area contributed by atoms with E-state index in [1.54, 1.807) is 12.3 Å². The van der Waals surface area contributed by atoms with E-state index in [1.807, 2.05) is 6.20 Å². The third-order valence-corrected chi connectivity index (χ3v) is 7.59. The van der Waals surface area contributed by atoms with Crippen LogP contribution >= 0.6 is 0 Å². The zero-order valence-electron chi connectivity index (χ0n) is 7.66. The van der Waals surface area contributed by atoms with Crippen LogP contribution in [0.4, 0.5) is 0 Å². The van der Waals surface area contributed by atoms with Crippen molar-refractivity contribution in [2.24, 2.45) is 0 Å². The number of hydrogen-bond donors (Lipinski definition) is 0. The molecule has 0 amide bonds. The second-order valence-electron chi connectivity index (χ2n) is 3.83. The summed E-state index contributed by atoms with van der Waals surface area (Å²) in [6.07, 6.45) is 4.45. The molecule has 3 heteroatoms. The van der Waals surface area contributed by atoms with Gasteiger partial charge in [0.2, 0.25) is 0 Å². The number of hydrogen-bond acceptors (Lipinski definition) is 2. The van der Waals surface area contributed by atoms with Gasteiger partial charge in [-0.3, -0.25) is 0 Å². The molecule has 0 unspecified atom stereocenters. The predicted molar refractivity (Wildman–Crippen MR) is 52.6 cm³/mol. The third-order valence-electron chi connectivity index (χ3n) is 1.79. The van der Waals surface area contributed by atoms with Gasteiger partial charge in [0.25, 0.3) is 0 Å². The summed E-state index contributed by atoms with van der Waals surface area (Å²) >= 11 is -2.10. The van der Waals surface area contributed by atoms with E-state index in [9.17, 15) is 4.79 Å². The first-order valence-electron chi connectivity index (χ1n) is 3.95. The number of carbonyl (C=O) groups is 1. The van der Waals surface area contributed by atoms with Crippen molar-refractivity contribution in [3.63, 3.8) is 0 Å². The molecular weight excluding hydrogens is 257 g/mol. The monoisotopic (exact) mass is 271 g/mol. The number of carbonyl (C=O) groups excluding carboxylic acids is 1. The molecule has 0 aliphatic heterocycles. The van der Waals surface area contributed by atoms with Crippen LogP contribution in [0.25, 0.3) is 0 Å². The van der Waals surface area contributed by atoms with Gasteiger partial charge in [-0.25, -0.2) is 0 Å². The fraction of sp³-hybridized carbons (Fsp3) is 0.333. The van der Waals surface area contributed by atoms with Crippen molar-refractivity contribution < 1.29 is 4.79 Å². The first-order chi connectivity index (χ1) is 5.55. The standard InChI is InChI=1S/C6H4NO.3CH3.Sn/c8-5-6-1-3-7-4-2-6;;;;/h1,3-5H;3*1H3;. The number of rotatable bonds is 2. The van der Waals surface area contributed by atoms with Crippen LogP contribution in [-0.2, 0) is 0 Å². The Balaban J connectivity index is 3.23. The van der Waals surface area contributed by atoms with Crippen LogP contribution in [0.5, 0.6) is 0 Å². The number of pyridine rings is 1. The van der Waals surface area contributed by atoms with Crippen LogP contribution in [-0.4, -0.2) is 29.6 Å². The first-order valence-corrected chi connectivity index (χ1v) is 13.9. The van der Waals surface area contributed by atoms with Gasteiger partial charge in [-0.1, -0.05) is 0 Å². The molecule has 0 fully saturated rings. The van der Waals surface area contributed by atoms with Gasteiger partial charge in [-0.15, -0.1) is 0 Å². The summed E-state index contributed by atoms with van der Waals surface area (Å²) in [6.45, 7) is 0. The van der Waals surface area contributed by atoms with Crippen molar-refractivity contribution in [3.8, 4) is 0 Å². The average molecular weight is 270 g/mol. The average Bonchev–Trinajstić information content (AvgIpc) is 2.03. The molecule has 0 bridgehead atoms. The molecule has 1 aromatic rings. The topological polar surface area (TPSA) is 30.0 Å². The van der Waals surface area contributed by atoms with Gasteiger partial charge in [0.15, 0.2) is 0 Å². The first kappa shape index (κ1) is 9.70. The Morgan fingerprint density at radius 1 is 1.42 bits per heavy atom. The Morgan fingerprint density at radius 3 is 2.50 bits per heavy atom. The Morgan fingerprint density at radius 2 is 2.08 bits per heavy atom. The van der Waals surface area contributed by atoms with Gasteiger partial charge in [0, 0.05) is 0 Å². The zero-order valence-corrected chi connectivity index (χ0v) is 10.5. The van der Waals surface area contributed by atoms with Crippen molar-refractivity contribution in [1.82, 2.24) is 4.98 Å². The molecule has 12 heavy (non-hydrogen) atoms. The molecular formula is C9H13NOSn. The molecule has 0 saturated carbocycles. The number of nitrogens with zero attached hydrogens (tertiary/aromatic N) is 1. The molecule has 0 aliphatic carbocycles. The van der Waals surface area contributed by atoms with Gasteiger partial charge in [-0.05, 0) is 0 Å². The van der Waals surface area contributed by atoms with Crippen LogP contribution in [0.3, 0.4) is 0 Å². The Kier molecular flexibility index (Phi) is 2.88. The van der Waals surface area contributed by atoms with Crippen LogP contribution in [0.2, 0.25) is 14.8 Å². The molecule has 0 radical (unpaired) electrons. The molecule has 0 saturated heterocycles. The molecule has 0 atom stereocenters. The van der Waals surface area contributed by atoms with E-state index in [-0.39, 0.29) is 0 Å². The summed E-state index contributed by atoms with van der Waals surface area (Å²) in [6, 6.07) is 1.80. The minimum atomic E-state index is -2.10. The van der Waals surface area contributed by atoms with E-state index < -0.39 is 18.4 Å². The van der Waals surface area contributed by atoms with E-state index in [2.05, 4.69) is 19.8 Å². The van der Waals surface area contributed by atoms with Crippen molar-refractivity contribution in [2.45, 2.75) is 14.8 Å². The minimum absolute atomic E-state index is 0.827. The Labute approximate surface area is 76.9 Å². The maximum absolute atomic E-state index is 10.7. The zero-order chi connectivity index (χ0) is 9.19. The molecule has 64 valence electrons. The van der Waals surface area contributed by atoms with Gasteiger partial charge in [0.05, 0.1) is 0 Å². The van der Waals surface area contributed by atoms with E-state index in [0.29, 0.717) is 0 Å². The number of aromatic nitrogens is 1. The molecule has 1 heterocycles. The van der Waals surface area contributed by atoms with Crippen LogP contribution in [0.1, 0.15) is 10.4 Å². The summed E-state index contributed by atoms with van der Waals surface area (Å²) in [5.74, 6) is 0. The van der Waals surface area contributed by atoms with Gasteiger partial charge < -0.3 is 0 Å². The molecule has 0 aliphatic rings. The van der Waals surface area contributed by atoms with E-state index in [1.165, 1.54) is 3.58 Å². The van der Waals surface area contributed by atoms with E-state index in [4.69, 9.17) is 0 Å². The fourth-order valence-electron chi connectivity index (χ4n) is 1.13. The van der Waals surface area contributed by atoms with Crippen LogP contribution in [0.15, 0.2) is 18.5 Å². The Bertz CT molecular complexity index is 291. The van der Waals surface area contributed by atoms with Crippen molar-refractivity contribution in [1.29, 1.82) is 0 Å². The van der Waals surface area contributed by atoms with Crippen LogP contribution < -0.4 is 3.58 Å². The summed E-state index contributed by atoms with van der Waals surface area (Å²) < 4.78 is 1.21. The normalized spacial score (nSPS) is 11.2. The van der Waals surface area contributed by atoms with Gasteiger partial charge in [-0.2, -0.15) is 0 Å². The second-order valence-corrected chi connectivity index (χ2v) is 18.2. The van der Waals surface area contributed by atoms with Crippen molar-refractivity contribution >= 4 is 28.2 Å². The predicted octanol–water partition coefficient (Wildman–Crippen LogP) is 1.44. The SMILES string of the molecule is [CH3][Sn]([CH3])([CH3])[c]1cnccc1C=O. The summed E-state index contributed by atoms with van der Waals surface area (Å²) in [4.78, 5) is 21.6. The Hall–Kier alpha value is -0.381. The molecule has 0 spiro atoms. The summed E-state index contributed by atoms with van der Waals surface area (Å²) in [5.41, 5.74) is 0.827. The molecule has 1 rings (SSSR count). The van der Waals surface area contributed by atoms with E-state index >= 15 is 0 Å².